The SMILES string of the molecule is C#CCCN1CCC(OCC(=O)O)CC1. The van der Waals surface area contributed by atoms with E-state index >= 15 is 0 Å². The third kappa shape index (κ3) is 4.82. The zero-order valence-electron chi connectivity index (χ0n) is 8.82. The minimum absolute atomic E-state index is 0.100. The van der Waals surface area contributed by atoms with Gasteiger partial charge in [0, 0.05) is 26.1 Å². The molecule has 1 saturated heterocycles. The van der Waals surface area contributed by atoms with E-state index in [0.717, 1.165) is 38.9 Å². The van der Waals surface area contributed by atoms with Crippen LogP contribution in [0.3, 0.4) is 0 Å². The Labute approximate surface area is 90.2 Å². The summed E-state index contributed by atoms with van der Waals surface area (Å²) in [5.41, 5.74) is 0. The highest BCUT2D eigenvalue weighted by Gasteiger charge is 2.19. The van der Waals surface area contributed by atoms with Crippen molar-refractivity contribution in [1.29, 1.82) is 0 Å². The third-order valence-corrected chi connectivity index (χ3v) is 2.55. The fraction of sp³-hybridized carbons (Fsp3) is 0.727. The summed E-state index contributed by atoms with van der Waals surface area (Å²) in [7, 11) is 0. The van der Waals surface area contributed by atoms with Crippen molar-refractivity contribution in [3.05, 3.63) is 0 Å². The van der Waals surface area contributed by atoms with Crippen molar-refractivity contribution >= 4 is 5.97 Å². The molecule has 0 saturated carbocycles. The van der Waals surface area contributed by atoms with Crippen LogP contribution < -0.4 is 0 Å². The molecule has 0 aromatic rings. The topological polar surface area (TPSA) is 49.8 Å². The van der Waals surface area contributed by atoms with E-state index in [4.69, 9.17) is 16.3 Å². The molecule has 0 radical (unpaired) electrons. The number of aliphatic carboxylic acids is 1. The van der Waals surface area contributed by atoms with Crippen LogP contribution in [0.25, 0.3) is 0 Å². The standard InChI is InChI=1S/C11H17NO3/c1-2-3-6-12-7-4-10(5-8-12)15-9-11(13)14/h1,10H,3-9H2,(H,13,14). The highest BCUT2D eigenvalue weighted by Crippen LogP contribution is 2.13. The highest BCUT2D eigenvalue weighted by atomic mass is 16.5. The van der Waals surface area contributed by atoms with Gasteiger partial charge in [0.15, 0.2) is 0 Å². The largest absolute Gasteiger partial charge is 0.480 e. The summed E-state index contributed by atoms with van der Waals surface area (Å²) < 4.78 is 5.23. The molecular weight excluding hydrogens is 194 g/mol. The Kier molecular flexibility index (Phi) is 5.16. The fourth-order valence-corrected chi connectivity index (χ4v) is 1.71. The lowest BCUT2D eigenvalue weighted by Gasteiger charge is -2.31. The van der Waals surface area contributed by atoms with Crippen LogP contribution >= 0.6 is 0 Å². The number of carboxylic acid groups (broad SMARTS) is 1. The van der Waals surface area contributed by atoms with Crippen LogP contribution in [0.2, 0.25) is 0 Å². The molecule has 4 heteroatoms. The maximum Gasteiger partial charge on any atom is 0.329 e. The molecule has 0 bridgehead atoms. The Morgan fingerprint density at radius 3 is 2.73 bits per heavy atom. The zero-order valence-corrected chi connectivity index (χ0v) is 8.82. The number of nitrogens with zero attached hydrogens (tertiary/aromatic N) is 1. The third-order valence-electron chi connectivity index (χ3n) is 2.55. The number of hydrogen-bond acceptors (Lipinski definition) is 3. The number of carbonyl (C=O) groups is 1. The lowest BCUT2D eigenvalue weighted by molar-refractivity contribution is -0.145. The smallest absolute Gasteiger partial charge is 0.329 e. The summed E-state index contributed by atoms with van der Waals surface area (Å²) in [6, 6.07) is 0. The number of ether oxygens (including phenoxy) is 1. The van der Waals surface area contributed by atoms with Gasteiger partial charge in [0.1, 0.15) is 6.61 Å². The summed E-state index contributed by atoms with van der Waals surface area (Å²) in [5, 5.41) is 8.45. The van der Waals surface area contributed by atoms with E-state index in [9.17, 15) is 4.79 Å². The summed E-state index contributed by atoms with van der Waals surface area (Å²) in [6.07, 6.45) is 7.87. The van der Waals surface area contributed by atoms with Gasteiger partial charge in [-0.05, 0) is 12.8 Å². The van der Waals surface area contributed by atoms with Crippen molar-refractivity contribution in [1.82, 2.24) is 4.90 Å². The molecule has 0 aromatic heterocycles. The first kappa shape index (κ1) is 12.0. The number of carboxylic acids is 1. The average Bonchev–Trinajstić information content (AvgIpc) is 2.25. The molecule has 84 valence electrons. The Balaban J connectivity index is 2.13. The molecule has 0 aliphatic carbocycles. The van der Waals surface area contributed by atoms with Gasteiger partial charge in [-0.3, -0.25) is 0 Å². The van der Waals surface area contributed by atoms with E-state index in [-0.39, 0.29) is 12.7 Å². The van der Waals surface area contributed by atoms with E-state index in [0.29, 0.717) is 0 Å². The van der Waals surface area contributed by atoms with Gasteiger partial charge in [-0.15, -0.1) is 12.3 Å². The molecule has 0 atom stereocenters. The van der Waals surface area contributed by atoms with Crippen molar-refractivity contribution in [2.75, 3.05) is 26.2 Å². The van der Waals surface area contributed by atoms with E-state index in [1.54, 1.807) is 0 Å². The molecule has 1 fully saturated rings. The Bertz CT molecular complexity index is 239. The molecule has 0 amide bonds. The van der Waals surface area contributed by atoms with Crippen LogP contribution in [0.1, 0.15) is 19.3 Å². The number of piperidine rings is 1. The number of hydrogen-bond donors (Lipinski definition) is 1. The molecular formula is C11H17NO3. The molecule has 0 spiro atoms. The zero-order chi connectivity index (χ0) is 11.1. The van der Waals surface area contributed by atoms with Gasteiger partial charge in [-0.25, -0.2) is 4.79 Å². The predicted octanol–water partition coefficient (Wildman–Crippen LogP) is 0.575. The maximum absolute atomic E-state index is 10.3. The molecule has 1 aliphatic heterocycles. The predicted molar refractivity (Wildman–Crippen MR) is 56.5 cm³/mol. The summed E-state index contributed by atoms with van der Waals surface area (Å²) in [5.74, 6) is 1.72. The monoisotopic (exact) mass is 211 g/mol. The Morgan fingerprint density at radius 1 is 1.53 bits per heavy atom. The Hall–Kier alpha value is -1.05. The van der Waals surface area contributed by atoms with Gasteiger partial charge in [-0.2, -0.15) is 0 Å². The number of terminal acetylenes is 1. The minimum atomic E-state index is -0.898. The second-order valence-corrected chi connectivity index (χ2v) is 3.70. The number of rotatable bonds is 5. The first-order valence-electron chi connectivity index (χ1n) is 5.21. The van der Waals surface area contributed by atoms with Gasteiger partial charge in [0.2, 0.25) is 0 Å². The van der Waals surface area contributed by atoms with Crippen molar-refractivity contribution in [3.63, 3.8) is 0 Å². The van der Waals surface area contributed by atoms with Crippen molar-refractivity contribution < 1.29 is 14.6 Å². The second-order valence-electron chi connectivity index (χ2n) is 3.70. The summed E-state index contributed by atoms with van der Waals surface area (Å²) in [6.45, 7) is 2.65. The van der Waals surface area contributed by atoms with Gasteiger partial charge in [-0.1, -0.05) is 0 Å². The molecule has 1 N–H and O–H groups in total. The summed E-state index contributed by atoms with van der Waals surface area (Å²) in [4.78, 5) is 12.6. The van der Waals surface area contributed by atoms with Crippen molar-refractivity contribution in [2.24, 2.45) is 0 Å². The quantitative estimate of drug-likeness (QED) is 0.676. The first-order chi connectivity index (χ1) is 7.22. The normalized spacial score (nSPS) is 18.6. The Morgan fingerprint density at radius 2 is 2.20 bits per heavy atom. The van der Waals surface area contributed by atoms with Crippen LogP contribution in [-0.4, -0.2) is 48.3 Å². The van der Waals surface area contributed by atoms with E-state index in [1.165, 1.54) is 0 Å². The number of likely N-dealkylation sites (tertiary alicyclic amines) is 1. The van der Waals surface area contributed by atoms with Crippen LogP contribution in [0.5, 0.6) is 0 Å². The van der Waals surface area contributed by atoms with Gasteiger partial charge in [0.05, 0.1) is 6.10 Å². The van der Waals surface area contributed by atoms with Gasteiger partial charge in [0.25, 0.3) is 0 Å². The lowest BCUT2D eigenvalue weighted by atomic mass is 10.1. The molecule has 0 unspecified atom stereocenters. The van der Waals surface area contributed by atoms with Crippen molar-refractivity contribution in [3.8, 4) is 12.3 Å². The molecule has 1 heterocycles. The van der Waals surface area contributed by atoms with E-state index in [1.807, 2.05) is 0 Å². The van der Waals surface area contributed by atoms with Crippen LogP contribution in [0.15, 0.2) is 0 Å². The van der Waals surface area contributed by atoms with Crippen molar-refractivity contribution in [2.45, 2.75) is 25.4 Å². The van der Waals surface area contributed by atoms with Crippen LogP contribution in [0, 0.1) is 12.3 Å². The first-order valence-corrected chi connectivity index (χ1v) is 5.21. The van der Waals surface area contributed by atoms with E-state index in [2.05, 4.69) is 10.8 Å². The average molecular weight is 211 g/mol. The van der Waals surface area contributed by atoms with Crippen LogP contribution in [-0.2, 0) is 9.53 Å². The van der Waals surface area contributed by atoms with E-state index < -0.39 is 5.97 Å². The lowest BCUT2D eigenvalue weighted by Crippen LogP contribution is -2.38. The molecule has 0 aromatic carbocycles. The summed E-state index contributed by atoms with van der Waals surface area (Å²) >= 11 is 0. The highest BCUT2D eigenvalue weighted by molar-refractivity contribution is 5.68. The van der Waals surface area contributed by atoms with Crippen LogP contribution in [0.4, 0.5) is 0 Å². The van der Waals surface area contributed by atoms with Gasteiger partial charge < -0.3 is 14.7 Å². The second kappa shape index (κ2) is 6.44. The molecule has 4 nitrogen and oxygen atoms in total. The molecule has 15 heavy (non-hydrogen) atoms. The maximum atomic E-state index is 10.3. The van der Waals surface area contributed by atoms with Gasteiger partial charge >= 0.3 is 5.97 Å². The molecule has 1 rings (SSSR count). The molecule has 1 aliphatic rings. The fourth-order valence-electron chi connectivity index (χ4n) is 1.71. The minimum Gasteiger partial charge on any atom is -0.480 e.